The van der Waals surface area contributed by atoms with E-state index >= 15 is 0 Å². The van der Waals surface area contributed by atoms with Gasteiger partial charge in [0.25, 0.3) is 5.69 Å². The molecule has 0 radical (unpaired) electrons. The van der Waals surface area contributed by atoms with Crippen LogP contribution in [-0.4, -0.2) is 4.92 Å². The molecule has 4 heteroatoms. The third-order valence-electron chi connectivity index (χ3n) is 1.91. The van der Waals surface area contributed by atoms with E-state index in [4.69, 9.17) is 5.26 Å². The number of aryl methyl sites for hydroxylation is 1. The van der Waals surface area contributed by atoms with Crippen LogP contribution in [0.1, 0.15) is 16.7 Å². The molecule has 0 unspecified atom stereocenters. The van der Waals surface area contributed by atoms with Gasteiger partial charge in [-0.2, -0.15) is 5.26 Å². The summed E-state index contributed by atoms with van der Waals surface area (Å²) < 4.78 is 0. The van der Waals surface area contributed by atoms with E-state index in [1.54, 1.807) is 13.0 Å². The Balaban J connectivity index is 3.47. The fourth-order valence-electron chi connectivity index (χ4n) is 1.18. The SMILES string of the molecule is C=Cc1cc(C)c([N+](=O)[O-])cc1C#N. The van der Waals surface area contributed by atoms with Gasteiger partial charge in [0.1, 0.15) is 6.07 Å². The summed E-state index contributed by atoms with van der Waals surface area (Å²) in [6, 6.07) is 4.75. The maximum Gasteiger partial charge on any atom is 0.273 e. The van der Waals surface area contributed by atoms with Crippen molar-refractivity contribution in [3.05, 3.63) is 45.5 Å². The minimum Gasteiger partial charge on any atom is -0.258 e. The van der Waals surface area contributed by atoms with Gasteiger partial charge in [0.05, 0.1) is 10.5 Å². The molecule has 0 heterocycles. The molecule has 0 N–H and O–H groups in total. The zero-order valence-corrected chi connectivity index (χ0v) is 7.65. The molecule has 0 bridgehead atoms. The molecule has 0 amide bonds. The lowest BCUT2D eigenvalue weighted by molar-refractivity contribution is -0.385. The standard InChI is InChI=1S/C10H8N2O2/c1-3-8-4-7(2)10(12(13)14)5-9(8)6-11/h3-5H,1H2,2H3. The number of nitro benzene ring substituents is 1. The Morgan fingerprint density at radius 1 is 1.64 bits per heavy atom. The summed E-state index contributed by atoms with van der Waals surface area (Å²) >= 11 is 0. The molecule has 0 aromatic heterocycles. The van der Waals surface area contributed by atoms with Crippen LogP contribution < -0.4 is 0 Å². The van der Waals surface area contributed by atoms with E-state index < -0.39 is 4.92 Å². The Kier molecular flexibility index (Phi) is 2.63. The van der Waals surface area contributed by atoms with Crippen molar-refractivity contribution in [1.82, 2.24) is 0 Å². The van der Waals surface area contributed by atoms with Gasteiger partial charge in [0, 0.05) is 11.6 Å². The highest BCUT2D eigenvalue weighted by Crippen LogP contribution is 2.23. The monoisotopic (exact) mass is 188 g/mol. The lowest BCUT2D eigenvalue weighted by Gasteiger charge is -2.01. The van der Waals surface area contributed by atoms with Crippen LogP contribution in [0.5, 0.6) is 0 Å². The molecule has 14 heavy (non-hydrogen) atoms. The zero-order chi connectivity index (χ0) is 10.7. The molecule has 70 valence electrons. The maximum absolute atomic E-state index is 10.6. The van der Waals surface area contributed by atoms with Crippen molar-refractivity contribution in [3.8, 4) is 6.07 Å². The number of nitro groups is 1. The Labute approximate surface area is 81.2 Å². The van der Waals surface area contributed by atoms with Gasteiger partial charge in [-0.25, -0.2) is 0 Å². The summed E-state index contributed by atoms with van der Waals surface area (Å²) in [5, 5.41) is 19.3. The molecular weight excluding hydrogens is 180 g/mol. The van der Waals surface area contributed by atoms with E-state index in [9.17, 15) is 10.1 Å². The van der Waals surface area contributed by atoms with Crippen molar-refractivity contribution in [2.24, 2.45) is 0 Å². The Bertz CT molecular complexity index is 444. The summed E-state index contributed by atoms with van der Waals surface area (Å²) in [5.74, 6) is 0. The van der Waals surface area contributed by atoms with Gasteiger partial charge < -0.3 is 0 Å². The number of hydrogen-bond donors (Lipinski definition) is 0. The normalized spacial score (nSPS) is 9.14. The smallest absolute Gasteiger partial charge is 0.258 e. The molecule has 1 rings (SSSR count). The summed E-state index contributed by atoms with van der Waals surface area (Å²) in [5.41, 5.74) is 1.39. The van der Waals surface area contributed by atoms with E-state index in [-0.39, 0.29) is 11.3 Å². The van der Waals surface area contributed by atoms with Gasteiger partial charge in [-0.3, -0.25) is 10.1 Å². The molecule has 0 saturated carbocycles. The minimum atomic E-state index is -0.497. The molecule has 1 aromatic carbocycles. The molecule has 1 aromatic rings. The first-order valence-corrected chi connectivity index (χ1v) is 3.91. The van der Waals surface area contributed by atoms with Crippen LogP contribution >= 0.6 is 0 Å². The first kappa shape index (κ1) is 9.93. The van der Waals surface area contributed by atoms with E-state index in [0.717, 1.165) is 0 Å². The number of hydrogen-bond acceptors (Lipinski definition) is 3. The Morgan fingerprint density at radius 3 is 2.71 bits per heavy atom. The second-order valence-electron chi connectivity index (χ2n) is 2.80. The van der Waals surface area contributed by atoms with Crippen LogP contribution in [0.15, 0.2) is 18.7 Å². The third-order valence-corrected chi connectivity index (χ3v) is 1.91. The van der Waals surface area contributed by atoms with Crippen LogP contribution in [0.4, 0.5) is 5.69 Å². The molecule has 0 spiro atoms. The molecular formula is C10H8N2O2. The number of benzene rings is 1. The number of nitriles is 1. The van der Waals surface area contributed by atoms with Crippen molar-refractivity contribution in [2.75, 3.05) is 0 Å². The van der Waals surface area contributed by atoms with Crippen LogP contribution in [0, 0.1) is 28.4 Å². The first-order valence-electron chi connectivity index (χ1n) is 3.91. The molecule has 4 nitrogen and oxygen atoms in total. The van der Waals surface area contributed by atoms with Gasteiger partial charge >= 0.3 is 0 Å². The second-order valence-corrected chi connectivity index (χ2v) is 2.80. The molecule has 0 saturated heterocycles. The number of nitrogens with zero attached hydrogens (tertiary/aromatic N) is 2. The predicted octanol–water partition coefficient (Wildman–Crippen LogP) is 2.42. The van der Waals surface area contributed by atoms with Gasteiger partial charge in [-0.15, -0.1) is 0 Å². The molecule has 0 aliphatic carbocycles. The Hall–Kier alpha value is -2.15. The summed E-state index contributed by atoms with van der Waals surface area (Å²) in [4.78, 5) is 10.1. The average Bonchev–Trinajstić information content (AvgIpc) is 2.16. The van der Waals surface area contributed by atoms with Crippen molar-refractivity contribution in [1.29, 1.82) is 5.26 Å². The second kappa shape index (κ2) is 3.71. The van der Waals surface area contributed by atoms with Crippen molar-refractivity contribution in [3.63, 3.8) is 0 Å². The van der Waals surface area contributed by atoms with Gasteiger partial charge in [0.15, 0.2) is 0 Å². The van der Waals surface area contributed by atoms with Crippen LogP contribution in [0.25, 0.3) is 6.08 Å². The summed E-state index contributed by atoms with van der Waals surface area (Å²) in [6.45, 7) is 5.17. The molecule has 0 aliphatic rings. The largest absolute Gasteiger partial charge is 0.273 e. The number of rotatable bonds is 2. The van der Waals surface area contributed by atoms with Crippen LogP contribution in [0.3, 0.4) is 0 Å². The summed E-state index contributed by atoms with van der Waals surface area (Å²) in [7, 11) is 0. The van der Waals surface area contributed by atoms with Gasteiger partial charge in [-0.05, 0) is 18.6 Å². The van der Waals surface area contributed by atoms with E-state index in [0.29, 0.717) is 11.1 Å². The molecule has 0 fully saturated rings. The highest BCUT2D eigenvalue weighted by Gasteiger charge is 2.13. The summed E-state index contributed by atoms with van der Waals surface area (Å²) in [6.07, 6.45) is 1.51. The van der Waals surface area contributed by atoms with E-state index in [1.165, 1.54) is 12.1 Å². The average molecular weight is 188 g/mol. The van der Waals surface area contributed by atoms with Gasteiger partial charge in [0.2, 0.25) is 0 Å². The maximum atomic E-state index is 10.6. The van der Waals surface area contributed by atoms with Crippen LogP contribution in [-0.2, 0) is 0 Å². The van der Waals surface area contributed by atoms with E-state index in [1.807, 2.05) is 6.07 Å². The zero-order valence-electron chi connectivity index (χ0n) is 7.65. The van der Waals surface area contributed by atoms with E-state index in [2.05, 4.69) is 6.58 Å². The van der Waals surface area contributed by atoms with Crippen molar-refractivity contribution in [2.45, 2.75) is 6.92 Å². The Morgan fingerprint density at radius 2 is 2.29 bits per heavy atom. The first-order chi connectivity index (χ1) is 6.60. The molecule has 0 atom stereocenters. The third kappa shape index (κ3) is 1.62. The quantitative estimate of drug-likeness (QED) is 0.528. The lowest BCUT2D eigenvalue weighted by atomic mass is 10.0. The lowest BCUT2D eigenvalue weighted by Crippen LogP contribution is -1.94. The van der Waals surface area contributed by atoms with Crippen molar-refractivity contribution >= 4 is 11.8 Å². The highest BCUT2D eigenvalue weighted by atomic mass is 16.6. The predicted molar refractivity (Wildman–Crippen MR) is 52.6 cm³/mol. The van der Waals surface area contributed by atoms with Gasteiger partial charge in [-0.1, -0.05) is 12.7 Å². The van der Waals surface area contributed by atoms with Crippen molar-refractivity contribution < 1.29 is 4.92 Å². The fourth-order valence-corrected chi connectivity index (χ4v) is 1.18. The molecule has 0 aliphatic heterocycles. The topological polar surface area (TPSA) is 66.9 Å². The fraction of sp³-hybridized carbons (Fsp3) is 0.100. The minimum absolute atomic E-state index is 0.0350. The highest BCUT2D eigenvalue weighted by molar-refractivity contribution is 5.62. The van der Waals surface area contributed by atoms with Crippen LogP contribution in [0.2, 0.25) is 0 Å².